The summed E-state index contributed by atoms with van der Waals surface area (Å²) in [5.41, 5.74) is 0. The SMILES string of the molecule is N#CCCCS(=O)(=O)CC(=O)Nc1ccccn1. The van der Waals surface area contributed by atoms with Crippen molar-refractivity contribution in [1.29, 1.82) is 5.26 Å². The van der Waals surface area contributed by atoms with Crippen LogP contribution in [0.1, 0.15) is 12.8 Å². The second-order valence-corrected chi connectivity index (χ2v) is 5.80. The quantitative estimate of drug-likeness (QED) is 0.766. The van der Waals surface area contributed by atoms with Gasteiger partial charge in [-0.3, -0.25) is 4.79 Å². The fraction of sp³-hybridized carbons (Fsp3) is 0.364. The van der Waals surface area contributed by atoms with Gasteiger partial charge in [-0.15, -0.1) is 0 Å². The molecule has 0 fully saturated rings. The third-order valence-corrected chi connectivity index (χ3v) is 3.64. The van der Waals surface area contributed by atoms with Crippen molar-refractivity contribution in [3.63, 3.8) is 0 Å². The summed E-state index contributed by atoms with van der Waals surface area (Å²) < 4.78 is 23.0. The molecule has 18 heavy (non-hydrogen) atoms. The number of nitrogens with one attached hydrogen (secondary N) is 1. The number of unbranched alkanes of at least 4 members (excludes halogenated alkanes) is 1. The van der Waals surface area contributed by atoms with Crippen molar-refractivity contribution in [3.05, 3.63) is 24.4 Å². The molecular weight excluding hydrogens is 254 g/mol. The lowest BCUT2D eigenvalue weighted by atomic mass is 10.4. The zero-order valence-corrected chi connectivity index (χ0v) is 10.5. The van der Waals surface area contributed by atoms with Crippen LogP contribution in [0.2, 0.25) is 0 Å². The molecule has 0 aliphatic carbocycles. The minimum absolute atomic E-state index is 0.157. The van der Waals surface area contributed by atoms with Crippen LogP contribution in [0.3, 0.4) is 0 Å². The minimum Gasteiger partial charge on any atom is -0.310 e. The van der Waals surface area contributed by atoms with E-state index in [0.29, 0.717) is 5.82 Å². The maximum atomic E-state index is 11.5. The number of hydrogen-bond acceptors (Lipinski definition) is 5. The van der Waals surface area contributed by atoms with E-state index in [1.54, 1.807) is 18.2 Å². The fourth-order valence-corrected chi connectivity index (χ4v) is 2.46. The number of sulfone groups is 1. The normalized spacial score (nSPS) is 10.6. The number of pyridine rings is 1. The summed E-state index contributed by atoms with van der Waals surface area (Å²) in [6, 6.07) is 6.80. The van der Waals surface area contributed by atoms with Crippen LogP contribution >= 0.6 is 0 Å². The van der Waals surface area contributed by atoms with E-state index in [0.717, 1.165) is 0 Å². The minimum atomic E-state index is -3.46. The Morgan fingerprint density at radius 1 is 1.44 bits per heavy atom. The van der Waals surface area contributed by atoms with E-state index in [1.807, 2.05) is 6.07 Å². The van der Waals surface area contributed by atoms with E-state index in [-0.39, 0.29) is 18.6 Å². The molecule has 0 atom stereocenters. The van der Waals surface area contributed by atoms with Crippen LogP contribution < -0.4 is 5.32 Å². The van der Waals surface area contributed by atoms with Gasteiger partial charge in [-0.05, 0) is 18.6 Å². The van der Waals surface area contributed by atoms with Gasteiger partial charge in [0.05, 0.1) is 11.8 Å². The summed E-state index contributed by atoms with van der Waals surface area (Å²) in [5, 5.41) is 10.7. The van der Waals surface area contributed by atoms with Gasteiger partial charge in [0, 0.05) is 12.6 Å². The van der Waals surface area contributed by atoms with Crippen LogP contribution in [0.4, 0.5) is 5.82 Å². The van der Waals surface area contributed by atoms with E-state index in [1.165, 1.54) is 6.20 Å². The zero-order valence-electron chi connectivity index (χ0n) is 9.67. The predicted octanol–water partition coefficient (Wildman–Crippen LogP) is 0.739. The van der Waals surface area contributed by atoms with Crippen LogP contribution in [0.25, 0.3) is 0 Å². The number of carbonyl (C=O) groups excluding carboxylic acids is 1. The first kappa shape index (κ1) is 14.1. The second-order valence-electron chi connectivity index (χ2n) is 3.62. The number of amides is 1. The first-order valence-electron chi connectivity index (χ1n) is 5.32. The van der Waals surface area contributed by atoms with Crippen molar-refractivity contribution in [2.45, 2.75) is 12.8 Å². The van der Waals surface area contributed by atoms with Gasteiger partial charge >= 0.3 is 0 Å². The molecule has 1 amide bonds. The highest BCUT2D eigenvalue weighted by Gasteiger charge is 2.16. The molecule has 0 saturated heterocycles. The highest BCUT2D eigenvalue weighted by atomic mass is 32.2. The van der Waals surface area contributed by atoms with Gasteiger partial charge in [0.2, 0.25) is 5.91 Å². The molecule has 0 aromatic carbocycles. The van der Waals surface area contributed by atoms with E-state index in [9.17, 15) is 13.2 Å². The van der Waals surface area contributed by atoms with Gasteiger partial charge in [-0.2, -0.15) is 5.26 Å². The summed E-state index contributed by atoms with van der Waals surface area (Å²) in [5.74, 6) is -1.05. The standard InChI is InChI=1S/C11H13N3O3S/c12-6-2-4-8-18(16,17)9-11(15)14-10-5-1-3-7-13-10/h1,3,5,7H,2,4,8-9H2,(H,13,14,15). The average Bonchev–Trinajstić information content (AvgIpc) is 2.29. The summed E-state index contributed by atoms with van der Waals surface area (Å²) in [6.07, 6.45) is 1.91. The molecule has 0 radical (unpaired) electrons. The lowest BCUT2D eigenvalue weighted by Crippen LogP contribution is -2.25. The van der Waals surface area contributed by atoms with Crippen LogP contribution in [0.15, 0.2) is 24.4 Å². The van der Waals surface area contributed by atoms with Crippen LogP contribution in [-0.4, -0.2) is 30.8 Å². The molecule has 0 aliphatic rings. The van der Waals surface area contributed by atoms with Crippen molar-refractivity contribution < 1.29 is 13.2 Å². The molecule has 1 aromatic heterocycles. The summed E-state index contributed by atoms with van der Waals surface area (Å²) in [6.45, 7) is 0. The molecule has 0 unspecified atom stereocenters. The molecule has 0 spiro atoms. The lowest BCUT2D eigenvalue weighted by Gasteiger charge is -2.04. The van der Waals surface area contributed by atoms with Crippen molar-refractivity contribution in [3.8, 4) is 6.07 Å². The van der Waals surface area contributed by atoms with E-state index >= 15 is 0 Å². The molecule has 1 rings (SSSR count). The smallest absolute Gasteiger partial charge is 0.240 e. The highest BCUT2D eigenvalue weighted by molar-refractivity contribution is 7.92. The molecule has 1 heterocycles. The van der Waals surface area contributed by atoms with Gasteiger partial charge in [0.1, 0.15) is 11.6 Å². The number of hydrogen-bond donors (Lipinski definition) is 1. The third-order valence-electron chi connectivity index (χ3n) is 2.03. The lowest BCUT2D eigenvalue weighted by molar-refractivity contribution is -0.113. The fourth-order valence-electron chi connectivity index (χ4n) is 1.26. The first-order valence-corrected chi connectivity index (χ1v) is 7.14. The van der Waals surface area contributed by atoms with E-state index < -0.39 is 21.5 Å². The zero-order chi connectivity index (χ0) is 13.4. The summed E-state index contributed by atoms with van der Waals surface area (Å²) in [7, 11) is -3.46. The number of nitrogens with zero attached hydrogens (tertiary/aromatic N) is 2. The molecule has 1 N–H and O–H groups in total. The predicted molar refractivity (Wildman–Crippen MR) is 66.4 cm³/mol. The van der Waals surface area contributed by atoms with E-state index in [4.69, 9.17) is 5.26 Å². The molecular formula is C11H13N3O3S. The maximum absolute atomic E-state index is 11.5. The Balaban J connectivity index is 2.47. The van der Waals surface area contributed by atoms with Crippen molar-refractivity contribution in [2.24, 2.45) is 0 Å². The number of aromatic nitrogens is 1. The van der Waals surface area contributed by atoms with Crippen molar-refractivity contribution in [2.75, 3.05) is 16.8 Å². The van der Waals surface area contributed by atoms with Gasteiger partial charge in [-0.25, -0.2) is 13.4 Å². The Morgan fingerprint density at radius 2 is 2.22 bits per heavy atom. The largest absolute Gasteiger partial charge is 0.310 e. The molecule has 96 valence electrons. The Hall–Kier alpha value is -1.94. The average molecular weight is 267 g/mol. The molecule has 6 nitrogen and oxygen atoms in total. The van der Waals surface area contributed by atoms with Crippen LogP contribution in [-0.2, 0) is 14.6 Å². The molecule has 0 bridgehead atoms. The Bertz CT molecular complexity index is 534. The van der Waals surface area contributed by atoms with Gasteiger partial charge in [0.15, 0.2) is 9.84 Å². The molecule has 0 saturated carbocycles. The van der Waals surface area contributed by atoms with Crippen molar-refractivity contribution >= 4 is 21.6 Å². The van der Waals surface area contributed by atoms with Gasteiger partial charge in [-0.1, -0.05) is 6.07 Å². The number of anilines is 1. The Morgan fingerprint density at radius 3 is 2.83 bits per heavy atom. The van der Waals surface area contributed by atoms with Gasteiger partial charge < -0.3 is 5.32 Å². The topological polar surface area (TPSA) is 99.9 Å². The molecule has 7 heteroatoms. The number of nitriles is 1. The summed E-state index contributed by atoms with van der Waals surface area (Å²) >= 11 is 0. The second kappa shape index (κ2) is 6.71. The van der Waals surface area contributed by atoms with E-state index in [2.05, 4.69) is 10.3 Å². The monoisotopic (exact) mass is 267 g/mol. The van der Waals surface area contributed by atoms with Gasteiger partial charge in [0.25, 0.3) is 0 Å². The highest BCUT2D eigenvalue weighted by Crippen LogP contribution is 2.02. The van der Waals surface area contributed by atoms with Crippen LogP contribution in [0, 0.1) is 11.3 Å². The molecule has 0 aliphatic heterocycles. The Labute approximate surface area is 106 Å². The number of carbonyl (C=O) groups is 1. The summed E-state index contributed by atoms with van der Waals surface area (Å²) in [4.78, 5) is 15.3. The third kappa shape index (κ3) is 5.41. The van der Waals surface area contributed by atoms with Crippen LogP contribution in [0.5, 0.6) is 0 Å². The number of rotatable bonds is 6. The molecule has 1 aromatic rings. The maximum Gasteiger partial charge on any atom is 0.240 e. The van der Waals surface area contributed by atoms with Crippen molar-refractivity contribution in [1.82, 2.24) is 4.98 Å². The Kier molecular flexibility index (Phi) is 5.27. The first-order chi connectivity index (χ1) is 8.53.